The first-order valence-electron chi connectivity index (χ1n) is 2.68. The highest BCUT2D eigenvalue weighted by molar-refractivity contribution is 14.2. The highest BCUT2D eigenvalue weighted by Gasteiger charge is 1.54. The maximum Gasteiger partial charge on any atom is 0.000764 e. The fourth-order valence-corrected chi connectivity index (χ4v) is 1.74. The van der Waals surface area contributed by atoms with Crippen LogP contribution >= 0.6 is 50.0 Å². The zero-order valence-corrected chi connectivity index (χ0v) is 11.0. The Kier molecular flexibility index (Phi) is 23.3. The van der Waals surface area contributed by atoms with Crippen LogP contribution in [-0.4, -0.2) is 0 Å². The SMILES string of the molecule is CC=CSI.CC=CSP. The summed E-state index contributed by atoms with van der Waals surface area (Å²) in [6.07, 6.45) is 4.01. The number of hydrogen-bond donors (Lipinski definition) is 0. The van der Waals surface area contributed by atoms with E-state index in [0.717, 1.165) is 0 Å². The summed E-state index contributed by atoms with van der Waals surface area (Å²) in [5, 5.41) is 4.03. The Morgan fingerprint density at radius 2 is 1.70 bits per heavy atom. The maximum absolute atomic E-state index is 2.53. The van der Waals surface area contributed by atoms with Crippen molar-refractivity contribution in [1.82, 2.24) is 0 Å². The van der Waals surface area contributed by atoms with Crippen LogP contribution < -0.4 is 0 Å². The van der Waals surface area contributed by atoms with E-state index in [-0.39, 0.29) is 0 Å². The van der Waals surface area contributed by atoms with Gasteiger partial charge in [0.2, 0.25) is 0 Å². The van der Waals surface area contributed by atoms with Gasteiger partial charge in [-0.3, -0.25) is 0 Å². The molecule has 0 spiro atoms. The zero-order valence-electron chi connectivity index (χ0n) is 6.08. The van der Waals surface area contributed by atoms with Crippen molar-refractivity contribution in [2.45, 2.75) is 13.8 Å². The normalized spacial score (nSPS) is 10.0. The van der Waals surface area contributed by atoms with Crippen LogP contribution in [-0.2, 0) is 0 Å². The van der Waals surface area contributed by atoms with Gasteiger partial charge in [0.1, 0.15) is 0 Å². The molecule has 0 N–H and O–H groups in total. The molecule has 0 aromatic carbocycles. The molecule has 0 heterocycles. The second-order valence-corrected chi connectivity index (χ2v) is 4.50. The van der Waals surface area contributed by atoms with Gasteiger partial charge in [-0.25, -0.2) is 0 Å². The summed E-state index contributed by atoms with van der Waals surface area (Å²) in [6.45, 7) is 4.00. The van der Waals surface area contributed by atoms with E-state index < -0.39 is 0 Å². The minimum Gasteiger partial charge on any atom is -0.114 e. The molecule has 0 nitrogen and oxygen atoms in total. The van der Waals surface area contributed by atoms with Crippen molar-refractivity contribution in [3.05, 3.63) is 23.0 Å². The zero-order chi connectivity index (χ0) is 8.24. The van der Waals surface area contributed by atoms with Gasteiger partial charge in [-0.1, -0.05) is 29.5 Å². The van der Waals surface area contributed by atoms with Crippen molar-refractivity contribution < 1.29 is 0 Å². The molecule has 0 radical (unpaired) electrons. The summed E-state index contributed by atoms with van der Waals surface area (Å²) in [5.41, 5.74) is 0. The number of hydrogen-bond acceptors (Lipinski definition) is 2. The fourth-order valence-electron chi connectivity index (χ4n) is 0.130. The van der Waals surface area contributed by atoms with Gasteiger partial charge >= 0.3 is 0 Å². The Labute approximate surface area is 86.2 Å². The Morgan fingerprint density at radius 3 is 1.70 bits per heavy atom. The molecule has 0 fully saturated rings. The van der Waals surface area contributed by atoms with Crippen molar-refractivity contribution in [1.29, 1.82) is 0 Å². The third kappa shape index (κ3) is 22.8. The minimum absolute atomic E-state index is 1.64. The van der Waals surface area contributed by atoms with E-state index in [1.165, 1.54) is 0 Å². The highest BCUT2D eigenvalue weighted by Crippen LogP contribution is 2.10. The molecular weight excluding hydrogens is 294 g/mol. The Hall–Kier alpha value is 1.34. The van der Waals surface area contributed by atoms with Crippen LogP contribution in [0.2, 0.25) is 0 Å². The summed E-state index contributed by atoms with van der Waals surface area (Å²) in [6, 6.07) is 0. The van der Waals surface area contributed by atoms with Crippen molar-refractivity contribution >= 4 is 50.0 Å². The summed E-state index contributed by atoms with van der Waals surface area (Å²) < 4.78 is 0. The Balaban J connectivity index is 0. The van der Waals surface area contributed by atoms with Crippen molar-refractivity contribution in [2.75, 3.05) is 0 Å². The Morgan fingerprint density at radius 1 is 1.20 bits per heavy atom. The molecule has 0 aliphatic rings. The molecular formula is C6H12IPS2. The summed E-state index contributed by atoms with van der Waals surface area (Å²) in [4.78, 5) is 0. The van der Waals surface area contributed by atoms with Crippen molar-refractivity contribution in [3.63, 3.8) is 0 Å². The first-order valence-corrected chi connectivity index (χ1v) is 8.46. The molecule has 0 bridgehead atoms. The third-order valence-corrected chi connectivity index (χ3v) is 2.56. The Bertz CT molecular complexity index is 81.7. The van der Waals surface area contributed by atoms with E-state index in [1.807, 2.05) is 36.8 Å². The number of halogens is 1. The van der Waals surface area contributed by atoms with Gasteiger partial charge in [-0.2, -0.15) is 0 Å². The van der Waals surface area contributed by atoms with Gasteiger partial charge in [0.25, 0.3) is 0 Å². The van der Waals surface area contributed by atoms with Crippen LogP contribution in [0.5, 0.6) is 0 Å². The van der Waals surface area contributed by atoms with E-state index in [1.54, 1.807) is 20.3 Å². The predicted molar refractivity (Wildman–Crippen MR) is 68.5 cm³/mol. The van der Waals surface area contributed by atoms with Crippen molar-refractivity contribution in [3.8, 4) is 0 Å². The van der Waals surface area contributed by atoms with Crippen LogP contribution in [0.4, 0.5) is 0 Å². The first kappa shape index (κ1) is 13.9. The second kappa shape index (κ2) is 16.7. The smallest absolute Gasteiger partial charge is 0.000764 e. The van der Waals surface area contributed by atoms with E-state index in [2.05, 4.69) is 29.6 Å². The standard InChI is InChI=1S/C3H5IS.C3H7PS/c2*1-2-3-5-4/h2-3H,1H3;2-3H,4H2,1H3. The molecule has 10 heavy (non-hydrogen) atoms. The summed E-state index contributed by atoms with van der Waals surface area (Å²) in [5.74, 6) is 0. The molecule has 0 aromatic heterocycles. The minimum atomic E-state index is 1.64. The summed E-state index contributed by atoms with van der Waals surface area (Å²) >= 11 is 3.86. The average Bonchev–Trinajstić information content (AvgIpc) is 1.93. The first-order chi connectivity index (χ1) is 4.83. The lowest BCUT2D eigenvalue weighted by Gasteiger charge is -1.65. The number of rotatable bonds is 2. The van der Waals surface area contributed by atoms with E-state index >= 15 is 0 Å². The molecule has 0 aliphatic heterocycles. The van der Waals surface area contributed by atoms with Crippen LogP contribution in [0.15, 0.2) is 23.0 Å². The van der Waals surface area contributed by atoms with E-state index in [4.69, 9.17) is 0 Å². The van der Waals surface area contributed by atoms with Gasteiger partial charge in [-0.15, -0.1) is 11.4 Å². The molecule has 4 heteroatoms. The molecule has 0 aromatic rings. The van der Waals surface area contributed by atoms with Gasteiger partial charge < -0.3 is 0 Å². The third-order valence-electron chi connectivity index (χ3n) is 0.402. The van der Waals surface area contributed by atoms with Gasteiger partial charge in [-0.05, 0) is 24.7 Å². The highest BCUT2D eigenvalue weighted by atomic mass is 127. The lowest BCUT2D eigenvalue weighted by Crippen LogP contribution is -1.26. The lowest BCUT2D eigenvalue weighted by atomic mass is 10.8. The van der Waals surface area contributed by atoms with Gasteiger partial charge in [0.15, 0.2) is 0 Å². The molecule has 0 saturated carbocycles. The van der Waals surface area contributed by atoms with Crippen molar-refractivity contribution in [2.24, 2.45) is 0 Å². The quantitative estimate of drug-likeness (QED) is 0.538. The van der Waals surface area contributed by atoms with Crippen LogP contribution in [0.1, 0.15) is 13.8 Å². The monoisotopic (exact) mass is 306 g/mol. The predicted octanol–water partition coefficient (Wildman–Crippen LogP) is 4.65. The molecule has 1 atom stereocenters. The number of allylic oxidation sites excluding steroid dienone is 2. The van der Waals surface area contributed by atoms with Crippen LogP contribution in [0.3, 0.4) is 0 Å². The van der Waals surface area contributed by atoms with Crippen LogP contribution in [0.25, 0.3) is 0 Å². The molecule has 0 rings (SSSR count). The molecule has 0 aliphatic carbocycles. The van der Waals surface area contributed by atoms with Gasteiger partial charge in [0.05, 0.1) is 0 Å². The molecule has 1 unspecified atom stereocenters. The average molecular weight is 306 g/mol. The topological polar surface area (TPSA) is 0 Å². The summed E-state index contributed by atoms with van der Waals surface area (Å²) in [7, 11) is 4.22. The maximum atomic E-state index is 2.53. The molecule has 0 amide bonds. The van der Waals surface area contributed by atoms with E-state index in [0.29, 0.717) is 0 Å². The van der Waals surface area contributed by atoms with Crippen LogP contribution in [0, 0.1) is 0 Å². The molecule has 60 valence electrons. The molecule has 0 saturated heterocycles. The van der Waals surface area contributed by atoms with E-state index in [9.17, 15) is 0 Å². The fraction of sp³-hybridized carbons (Fsp3) is 0.333. The largest absolute Gasteiger partial charge is 0.114 e. The second-order valence-electron chi connectivity index (χ2n) is 1.16. The van der Waals surface area contributed by atoms with Gasteiger partial charge in [0, 0.05) is 21.2 Å². The lowest BCUT2D eigenvalue weighted by molar-refractivity contribution is 1.79.